The van der Waals surface area contributed by atoms with Crippen LogP contribution in [0.1, 0.15) is 38.8 Å². The molecule has 11 heteroatoms. The normalized spacial score (nSPS) is 12.4. The summed E-state index contributed by atoms with van der Waals surface area (Å²) in [5, 5.41) is 3.51. The predicted octanol–water partition coefficient (Wildman–Crippen LogP) is 5.84. The van der Waals surface area contributed by atoms with E-state index in [0.717, 1.165) is 9.87 Å². The number of methoxy groups -OCH3 is 1. The molecule has 0 unspecified atom stereocenters. The third kappa shape index (κ3) is 7.93. The van der Waals surface area contributed by atoms with Gasteiger partial charge in [0.25, 0.3) is 10.0 Å². The lowest BCUT2D eigenvalue weighted by Crippen LogP contribution is -2.54. The average molecular weight is 621 g/mol. The van der Waals surface area contributed by atoms with Gasteiger partial charge in [0.15, 0.2) is 0 Å². The van der Waals surface area contributed by atoms with Crippen LogP contribution < -0.4 is 14.4 Å². The monoisotopic (exact) mass is 619 g/mol. The zero-order chi connectivity index (χ0) is 30.5. The summed E-state index contributed by atoms with van der Waals surface area (Å²) in [6.45, 7) is 8.16. The van der Waals surface area contributed by atoms with Gasteiger partial charge in [0, 0.05) is 27.7 Å². The molecule has 0 saturated heterocycles. The second-order valence-electron chi connectivity index (χ2n) is 10.6. The van der Waals surface area contributed by atoms with E-state index in [0.29, 0.717) is 15.6 Å². The minimum absolute atomic E-state index is 0.000952. The second kappa shape index (κ2) is 13.1. The van der Waals surface area contributed by atoms with E-state index in [2.05, 4.69) is 5.32 Å². The Hall–Kier alpha value is -3.27. The Kier molecular flexibility index (Phi) is 10.3. The number of para-hydroxylation sites is 2. The summed E-state index contributed by atoms with van der Waals surface area (Å²) in [5.74, 6) is -0.798. The summed E-state index contributed by atoms with van der Waals surface area (Å²) < 4.78 is 34.5. The van der Waals surface area contributed by atoms with Crippen molar-refractivity contribution in [2.24, 2.45) is 0 Å². The number of carbonyl (C=O) groups excluding carboxylic acids is 2. The Morgan fingerprint density at radius 3 is 2.10 bits per heavy atom. The van der Waals surface area contributed by atoms with Gasteiger partial charge in [-0.3, -0.25) is 13.9 Å². The smallest absolute Gasteiger partial charge is 0.264 e. The van der Waals surface area contributed by atoms with E-state index in [1.165, 1.54) is 24.1 Å². The molecule has 0 radical (unpaired) electrons. The Morgan fingerprint density at radius 2 is 1.54 bits per heavy atom. The predicted molar refractivity (Wildman–Crippen MR) is 163 cm³/mol. The first-order chi connectivity index (χ1) is 19.2. The fourth-order valence-electron chi connectivity index (χ4n) is 4.10. The van der Waals surface area contributed by atoms with Crippen LogP contribution in [0.5, 0.6) is 5.75 Å². The van der Waals surface area contributed by atoms with Gasteiger partial charge in [-0.05, 0) is 71.0 Å². The molecule has 3 aromatic carbocycles. The highest BCUT2D eigenvalue weighted by Gasteiger charge is 2.35. The molecule has 0 aliphatic heterocycles. The van der Waals surface area contributed by atoms with Gasteiger partial charge in [0.2, 0.25) is 11.8 Å². The summed E-state index contributed by atoms with van der Waals surface area (Å²) in [4.78, 5) is 28.6. The Bertz CT molecular complexity index is 1490. The first-order valence-corrected chi connectivity index (χ1v) is 15.1. The minimum atomic E-state index is -4.24. The summed E-state index contributed by atoms with van der Waals surface area (Å²) in [6.07, 6.45) is 0. The molecule has 1 N–H and O–H groups in total. The molecule has 2 amide bonds. The van der Waals surface area contributed by atoms with Crippen LogP contribution in [0.3, 0.4) is 0 Å². The number of hydrogen-bond donors (Lipinski definition) is 1. The molecule has 41 heavy (non-hydrogen) atoms. The first-order valence-electron chi connectivity index (χ1n) is 12.9. The maximum atomic E-state index is 14.1. The summed E-state index contributed by atoms with van der Waals surface area (Å²) in [6, 6.07) is 16.8. The number of halogens is 2. The Balaban J connectivity index is 2.12. The van der Waals surface area contributed by atoms with Crippen molar-refractivity contribution in [3.05, 3.63) is 87.9 Å². The number of aryl methyl sites for hydroxylation is 1. The molecule has 0 aromatic heterocycles. The molecule has 1 atom stereocenters. The first kappa shape index (κ1) is 32.2. The maximum absolute atomic E-state index is 14.1. The van der Waals surface area contributed by atoms with Gasteiger partial charge in [-0.1, -0.05) is 59.1 Å². The quantitative estimate of drug-likeness (QED) is 0.308. The highest BCUT2D eigenvalue weighted by Crippen LogP contribution is 2.33. The van der Waals surface area contributed by atoms with E-state index in [-0.39, 0.29) is 22.9 Å². The van der Waals surface area contributed by atoms with Crippen molar-refractivity contribution < 1.29 is 22.7 Å². The molecular formula is C30H35Cl2N3O5S. The van der Waals surface area contributed by atoms with Crippen LogP contribution in [0.4, 0.5) is 5.69 Å². The number of benzene rings is 3. The molecule has 0 bridgehead atoms. The summed E-state index contributed by atoms with van der Waals surface area (Å²) >= 11 is 12.9. The van der Waals surface area contributed by atoms with E-state index >= 15 is 0 Å². The van der Waals surface area contributed by atoms with Crippen molar-refractivity contribution in [1.29, 1.82) is 0 Å². The van der Waals surface area contributed by atoms with Crippen LogP contribution in [0.15, 0.2) is 71.6 Å². The Morgan fingerprint density at radius 1 is 0.951 bits per heavy atom. The van der Waals surface area contributed by atoms with E-state index in [1.54, 1.807) is 61.5 Å². The third-order valence-corrected chi connectivity index (χ3v) is 8.78. The van der Waals surface area contributed by atoms with Crippen LogP contribution in [-0.2, 0) is 26.2 Å². The lowest BCUT2D eigenvalue weighted by molar-refractivity contribution is -0.140. The van der Waals surface area contributed by atoms with Gasteiger partial charge in [0.1, 0.15) is 18.3 Å². The molecule has 220 valence electrons. The van der Waals surface area contributed by atoms with Crippen molar-refractivity contribution in [3.8, 4) is 5.75 Å². The molecule has 3 rings (SSSR count). The number of nitrogens with zero attached hydrogens (tertiary/aromatic N) is 2. The zero-order valence-electron chi connectivity index (χ0n) is 23.9. The van der Waals surface area contributed by atoms with Gasteiger partial charge in [-0.15, -0.1) is 0 Å². The molecule has 0 saturated carbocycles. The van der Waals surface area contributed by atoms with E-state index in [9.17, 15) is 18.0 Å². The van der Waals surface area contributed by atoms with Crippen molar-refractivity contribution in [1.82, 2.24) is 10.2 Å². The number of anilines is 1. The van der Waals surface area contributed by atoms with Crippen molar-refractivity contribution in [3.63, 3.8) is 0 Å². The van der Waals surface area contributed by atoms with Crippen LogP contribution in [0.2, 0.25) is 10.0 Å². The van der Waals surface area contributed by atoms with Crippen LogP contribution in [-0.4, -0.2) is 50.4 Å². The Labute approximate surface area is 252 Å². The number of amides is 2. The van der Waals surface area contributed by atoms with Gasteiger partial charge >= 0.3 is 0 Å². The molecule has 0 heterocycles. The fraction of sp³-hybridized carbons (Fsp3) is 0.333. The zero-order valence-corrected chi connectivity index (χ0v) is 26.3. The van der Waals surface area contributed by atoms with Gasteiger partial charge in [-0.2, -0.15) is 0 Å². The second-order valence-corrected chi connectivity index (χ2v) is 13.3. The van der Waals surface area contributed by atoms with Crippen LogP contribution in [0, 0.1) is 6.92 Å². The van der Waals surface area contributed by atoms with Crippen molar-refractivity contribution >= 4 is 50.7 Å². The molecule has 3 aromatic rings. The molecule has 0 aliphatic carbocycles. The fourth-order valence-corrected chi connectivity index (χ4v) is 6.04. The number of rotatable bonds is 10. The van der Waals surface area contributed by atoms with Gasteiger partial charge < -0.3 is 15.0 Å². The van der Waals surface area contributed by atoms with E-state index in [1.807, 2.05) is 27.7 Å². The molecule has 0 aliphatic rings. The summed E-state index contributed by atoms with van der Waals surface area (Å²) in [5.41, 5.74) is 0.918. The van der Waals surface area contributed by atoms with E-state index in [4.69, 9.17) is 27.9 Å². The SMILES string of the molecule is COc1ccccc1N(CC(=O)N(Cc1c(Cl)cccc1Cl)[C@H](C)C(=O)NC(C)(C)C)S(=O)(=O)c1ccc(C)cc1. The van der Waals surface area contributed by atoms with Gasteiger partial charge in [-0.25, -0.2) is 8.42 Å². The molecule has 8 nitrogen and oxygen atoms in total. The lowest BCUT2D eigenvalue weighted by Gasteiger charge is -2.34. The maximum Gasteiger partial charge on any atom is 0.264 e. The number of nitrogens with one attached hydrogen (secondary N) is 1. The lowest BCUT2D eigenvalue weighted by atomic mass is 10.1. The number of sulfonamides is 1. The number of carbonyl (C=O) groups is 2. The average Bonchev–Trinajstić information content (AvgIpc) is 2.90. The third-order valence-electron chi connectivity index (χ3n) is 6.30. The number of hydrogen-bond acceptors (Lipinski definition) is 5. The topological polar surface area (TPSA) is 96.0 Å². The number of ether oxygens (including phenoxy) is 1. The summed E-state index contributed by atoms with van der Waals surface area (Å²) in [7, 11) is -2.82. The highest BCUT2D eigenvalue weighted by molar-refractivity contribution is 7.92. The van der Waals surface area contributed by atoms with Crippen LogP contribution >= 0.6 is 23.2 Å². The molecule has 0 fully saturated rings. The highest BCUT2D eigenvalue weighted by atomic mass is 35.5. The molecule has 0 spiro atoms. The van der Waals surface area contributed by atoms with Crippen molar-refractivity contribution in [2.75, 3.05) is 18.0 Å². The van der Waals surface area contributed by atoms with E-state index < -0.39 is 40.0 Å². The van der Waals surface area contributed by atoms with Crippen molar-refractivity contribution in [2.45, 2.75) is 57.6 Å². The standard InChI is InChI=1S/C30H35Cl2N3O5S/c1-20-14-16-22(17-15-20)41(38,39)35(26-12-7-8-13-27(26)40-6)19-28(36)34(21(2)29(37)33-30(3,4)5)18-23-24(31)10-9-11-25(23)32/h7-17,21H,18-19H2,1-6H3,(H,33,37)/t21-/m1/s1. The minimum Gasteiger partial charge on any atom is -0.495 e. The van der Waals surface area contributed by atoms with Crippen LogP contribution in [0.25, 0.3) is 0 Å². The molecular weight excluding hydrogens is 585 g/mol. The largest absolute Gasteiger partial charge is 0.495 e. The van der Waals surface area contributed by atoms with Gasteiger partial charge in [0.05, 0.1) is 17.7 Å².